The Kier molecular flexibility index (Phi) is 3.12. The van der Waals surface area contributed by atoms with Crippen molar-refractivity contribution < 1.29 is 9.63 Å². The Morgan fingerprint density at radius 1 is 1.26 bits per heavy atom. The topological polar surface area (TPSA) is 59.2 Å². The van der Waals surface area contributed by atoms with Crippen LogP contribution in [0.4, 0.5) is 0 Å². The third-order valence-electron chi connectivity index (χ3n) is 2.66. The second kappa shape index (κ2) is 4.79. The van der Waals surface area contributed by atoms with E-state index in [0.29, 0.717) is 11.7 Å². The fourth-order valence-electron chi connectivity index (χ4n) is 1.76. The van der Waals surface area contributed by atoms with Crippen LogP contribution in [0.2, 0.25) is 0 Å². The first-order valence-electron chi connectivity index (χ1n) is 5.53. The quantitative estimate of drug-likeness (QED) is 0.760. The molecule has 0 unspecified atom stereocenters. The van der Waals surface area contributed by atoms with Crippen LogP contribution in [0, 0.1) is 6.92 Å². The molecule has 6 heteroatoms. The maximum absolute atomic E-state index is 9.40. The molecule has 0 fully saturated rings. The Hall–Kier alpha value is -1.66. The van der Waals surface area contributed by atoms with E-state index in [1.165, 1.54) is 0 Å². The first-order chi connectivity index (χ1) is 9.13. The van der Waals surface area contributed by atoms with Gasteiger partial charge in [-0.2, -0.15) is 4.98 Å². The lowest BCUT2D eigenvalue weighted by Gasteiger charge is -2.00. The summed E-state index contributed by atoms with van der Waals surface area (Å²) in [6.45, 7) is 1.89. The van der Waals surface area contributed by atoms with Gasteiger partial charge in [-0.05, 0) is 58.7 Å². The lowest BCUT2D eigenvalue weighted by molar-refractivity contribution is 0.432. The molecule has 0 radical (unpaired) electrons. The van der Waals surface area contributed by atoms with Crippen LogP contribution in [0.15, 0.2) is 38.6 Å². The van der Waals surface area contributed by atoms with E-state index in [2.05, 4.69) is 26.1 Å². The van der Waals surface area contributed by atoms with Gasteiger partial charge in [0.1, 0.15) is 5.75 Å². The molecule has 19 heavy (non-hydrogen) atoms. The second-order valence-electron chi connectivity index (χ2n) is 4.03. The number of hydrogen-bond donors (Lipinski definition) is 1. The smallest absolute Gasteiger partial charge is 0.258 e. The van der Waals surface area contributed by atoms with Crippen LogP contribution in [0.1, 0.15) is 5.56 Å². The Morgan fingerprint density at radius 3 is 2.79 bits per heavy atom. The molecule has 0 aliphatic carbocycles. The number of rotatable bonds is 2. The molecule has 4 nitrogen and oxygen atoms in total. The molecule has 0 atom stereocenters. The zero-order chi connectivity index (χ0) is 13.4. The number of aryl methyl sites for hydroxylation is 1. The number of hydrogen-bond acceptors (Lipinski definition) is 5. The number of halogens is 1. The standard InChI is InChI=1S/C13H9BrN2O2S/c1-7-6-8(17)2-3-9(7)13-15-12(16-18-13)10-4-5-11(14)19-10/h2-6,17H,1H3. The SMILES string of the molecule is Cc1cc(O)ccc1-c1nc(-c2ccc(Br)s2)no1. The van der Waals surface area contributed by atoms with E-state index in [4.69, 9.17) is 4.52 Å². The van der Waals surface area contributed by atoms with Gasteiger partial charge in [-0.1, -0.05) is 5.16 Å². The van der Waals surface area contributed by atoms with Gasteiger partial charge in [0.15, 0.2) is 0 Å². The molecule has 0 aliphatic heterocycles. The van der Waals surface area contributed by atoms with Crippen molar-refractivity contribution in [3.05, 3.63) is 39.7 Å². The predicted molar refractivity (Wildman–Crippen MR) is 77.1 cm³/mol. The Labute approximate surface area is 121 Å². The summed E-state index contributed by atoms with van der Waals surface area (Å²) in [5.74, 6) is 1.25. The third kappa shape index (κ3) is 2.41. The van der Waals surface area contributed by atoms with Gasteiger partial charge in [0.2, 0.25) is 5.82 Å². The molecule has 0 amide bonds. The molecule has 0 spiro atoms. The molecular formula is C13H9BrN2O2S. The monoisotopic (exact) mass is 336 g/mol. The van der Waals surface area contributed by atoms with E-state index in [1.54, 1.807) is 29.5 Å². The van der Waals surface area contributed by atoms with Crippen LogP contribution in [0.5, 0.6) is 5.75 Å². The van der Waals surface area contributed by atoms with Gasteiger partial charge in [0.05, 0.1) is 8.66 Å². The van der Waals surface area contributed by atoms with E-state index in [1.807, 2.05) is 19.1 Å². The Morgan fingerprint density at radius 2 is 2.11 bits per heavy atom. The summed E-state index contributed by atoms with van der Waals surface area (Å²) in [5.41, 5.74) is 1.72. The van der Waals surface area contributed by atoms with Gasteiger partial charge in [0, 0.05) is 5.56 Å². The zero-order valence-electron chi connectivity index (χ0n) is 9.92. The number of benzene rings is 1. The second-order valence-corrected chi connectivity index (χ2v) is 6.49. The van der Waals surface area contributed by atoms with E-state index in [-0.39, 0.29) is 5.75 Å². The van der Waals surface area contributed by atoms with E-state index in [0.717, 1.165) is 19.8 Å². The van der Waals surface area contributed by atoms with Crippen LogP contribution in [0.25, 0.3) is 22.2 Å². The molecular weight excluding hydrogens is 328 g/mol. The molecule has 96 valence electrons. The largest absolute Gasteiger partial charge is 0.508 e. The maximum Gasteiger partial charge on any atom is 0.258 e. The maximum atomic E-state index is 9.40. The summed E-state index contributed by atoms with van der Waals surface area (Å²) in [6.07, 6.45) is 0. The molecule has 1 N–H and O–H groups in total. The van der Waals surface area contributed by atoms with Crippen LogP contribution in [0.3, 0.4) is 0 Å². The van der Waals surface area contributed by atoms with Gasteiger partial charge in [0.25, 0.3) is 5.89 Å². The van der Waals surface area contributed by atoms with Crippen molar-refractivity contribution in [1.29, 1.82) is 0 Å². The van der Waals surface area contributed by atoms with Crippen molar-refractivity contribution in [2.24, 2.45) is 0 Å². The number of nitrogens with zero attached hydrogens (tertiary/aromatic N) is 2. The summed E-state index contributed by atoms with van der Waals surface area (Å²) < 4.78 is 6.31. The molecule has 0 aliphatic rings. The molecule has 0 bridgehead atoms. The van der Waals surface area contributed by atoms with E-state index >= 15 is 0 Å². The van der Waals surface area contributed by atoms with Gasteiger partial charge in [-0.25, -0.2) is 0 Å². The van der Waals surface area contributed by atoms with Crippen LogP contribution >= 0.6 is 27.3 Å². The van der Waals surface area contributed by atoms with Gasteiger partial charge >= 0.3 is 0 Å². The summed E-state index contributed by atoms with van der Waals surface area (Å²) >= 11 is 4.95. The molecule has 0 saturated heterocycles. The number of phenols is 1. The molecule has 3 rings (SSSR count). The summed E-state index contributed by atoms with van der Waals surface area (Å²) in [7, 11) is 0. The van der Waals surface area contributed by atoms with Gasteiger partial charge < -0.3 is 9.63 Å². The fraction of sp³-hybridized carbons (Fsp3) is 0.0769. The molecule has 1 aromatic carbocycles. The van der Waals surface area contributed by atoms with Crippen LogP contribution in [-0.4, -0.2) is 15.2 Å². The summed E-state index contributed by atoms with van der Waals surface area (Å²) in [5, 5.41) is 13.4. The number of aromatic hydroxyl groups is 1. The van der Waals surface area contributed by atoms with Crippen molar-refractivity contribution in [3.8, 4) is 27.9 Å². The average Bonchev–Trinajstić information content (AvgIpc) is 2.97. The number of phenolic OH excluding ortho intramolecular Hbond substituents is 1. The number of aromatic nitrogens is 2. The lowest BCUT2D eigenvalue weighted by Crippen LogP contribution is -1.83. The van der Waals surface area contributed by atoms with Gasteiger partial charge in [-0.3, -0.25) is 0 Å². The average molecular weight is 337 g/mol. The highest BCUT2D eigenvalue weighted by atomic mass is 79.9. The summed E-state index contributed by atoms with van der Waals surface area (Å²) in [4.78, 5) is 5.33. The predicted octanol–water partition coefficient (Wildman–Crippen LogP) is 4.24. The van der Waals surface area contributed by atoms with Gasteiger partial charge in [-0.15, -0.1) is 11.3 Å². The minimum absolute atomic E-state index is 0.225. The van der Waals surface area contributed by atoms with Crippen LogP contribution in [-0.2, 0) is 0 Å². The first-order valence-corrected chi connectivity index (χ1v) is 7.14. The van der Waals surface area contributed by atoms with Crippen molar-refractivity contribution in [2.75, 3.05) is 0 Å². The van der Waals surface area contributed by atoms with Crippen molar-refractivity contribution in [3.63, 3.8) is 0 Å². The van der Waals surface area contributed by atoms with Crippen molar-refractivity contribution in [2.45, 2.75) is 6.92 Å². The minimum Gasteiger partial charge on any atom is -0.508 e. The minimum atomic E-state index is 0.225. The Balaban J connectivity index is 2.01. The Bertz CT molecular complexity index is 736. The molecule has 2 heterocycles. The van der Waals surface area contributed by atoms with Crippen molar-refractivity contribution in [1.82, 2.24) is 10.1 Å². The fourth-order valence-corrected chi connectivity index (χ4v) is 3.07. The zero-order valence-corrected chi connectivity index (χ0v) is 12.3. The number of thiophene rings is 1. The molecule has 3 aromatic rings. The first kappa shape index (κ1) is 12.4. The van der Waals surface area contributed by atoms with E-state index in [9.17, 15) is 5.11 Å². The van der Waals surface area contributed by atoms with E-state index < -0.39 is 0 Å². The highest BCUT2D eigenvalue weighted by Crippen LogP contribution is 2.31. The highest BCUT2D eigenvalue weighted by molar-refractivity contribution is 9.11. The summed E-state index contributed by atoms with van der Waals surface area (Å²) in [6, 6.07) is 8.93. The molecule has 2 aromatic heterocycles. The highest BCUT2D eigenvalue weighted by Gasteiger charge is 2.14. The van der Waals surface area contributed by atoms with Crippen molar-refractivity contribution >= 4 is 27.3 Å². The third-order valence-corrected chi connectivity index (χ3v) is 4.28. The normalized spacial score (nSPS) is 10.8. The lowest BCUT2D eigenvalue weighted by atomic mass is 10.1. The van der Waals surface area contributed by atoms with Crippen LogP contribution < -0.4 is 0 Å². The molecule has 0 saturated carbocycles.